The number of anilines is 1. The summed E-state index contributed by atoms with van der Waals surface area (Å²) >= 11 is 12.5. The first-order chi connectivity index (χ1) is 18.2. The summed E-state index contributed by atoms with van der Waals surface area (Å²) in [7, 11) is 3.14. The van der Waals surface area contributed by atoms with Crippen molar-refractivity contribution < 1.29 is 9.53 Å². The Kier molecular flexibility index (Phi) is 6.75. The van der Waals surface area contributed by atoms with Crippen LogP contribution in [-0.4, -0.2) is 37.3 Å². The molecule has 5 rings (SSSR count). The van der Waals surface area contributed by atoms with Crippen LogP contribution in [0.1, 0.15) is 65.9 Å². The van der Waals surface area contributed by atoms with Crippen molar-refractivity contribution >= 4 is 34.8 Å². The molecular weight excluding hydrogens is 527 g/mol. The number of hydrogen-bond donors (Lipinski definition) is 0. The number of nitrogens with zero attached hydrogens (tertiary/aromatic N) is 6. The van der Waals surface area contributed by atoms with Gasteiger partial charge in [-0.1, -0.05) is 56.1 Å². The molecule has 1 atom stereocenters. The minimum absolute atomic E-state index is 0.0634. The standard InChI is InChI=1S/C27H26Cl2N6O3/c1-6-20-30-12-19(25(31-20)38-5)35-23(14(2)3)21-22(32-35)27(37)34(18-11-17(29)13-33(4)26(18)36)24(21)15-7-9-16(28)10-8-15/h7-14,24H,6H2,1-5H3. The van der Waals surface area contributed by atoms with Gasteiger partial charge in [-0.25, -0.2) is 9.67 Å². The number of benzene rings is 1. The quantitative estimate of drug-likeness (QED) is 0.329. The van der Waals surface area contributed by atoms with Crippen molar-refractivity contribution in [3.8, 4) is 11.6 Å². The van der Waals surface area contributed by atoms with Crippen LogP contribution < -0.4 is 15.2 Å². The SMILES string of the molecule is CCc1ncc(-n2nc3c(c2C(C)C)C(c2ccc(Cl)cc2)N(c2cc(Cl)cn(C)c2=O)C3=O)c(OC)n1. The van der Waals surface area contributed by atoms with E-state index in [0.29, 0.717) is 39.4 Å². The Balaban J connectivity index is 1.81. The maximum atomic E-state index is 14.1. The Labute approximate surface area is 229 Å². The van der Waals surface area contributed by atoms with E-state index in [1.807, 2.05) is 32.9 Å². The Hall–Kier alpha value is -3.69. The molecule has 0 fully saturated rings. The first-order valence-electron chi connectivity index (χ1n) is 12.1. The van der Waals surface area contributed by atoms with E-state index in [2.05, 4.69) is 9.97 Å². The molecule has 4 heterocycles. The average Bonchev–Trinajstić information content (AvgIpc) is 3.41. The molecule has 1 aliphatic rings. The topological polar surface area (TPSA) is 95.1 Å². The molecule has 0 saturated heterocycles. The summed E-state index contributed by atoms with van der Waals surface area (Å²) in [5, 5.41) is 5.66. The fourth-order valence-electron chi connectivity index (χ4n) is 4.87. The van der Waals surface area contributed by atoms with E-state index in [1.165, 1.54) is 28.8 Å². The number of carbonyl (C=O) groups is 1. The third-order valence-corrected chi connectivity index (χ3v) is 7.02. The molecule has 1 aromatic carbocycles. The molecule has 0 radical (unpaired) electrons. The van der Waals surface area contributed by atoms with Crippen LogP contribution in [0.2, 0.25) is 10.0 Å². The molecular formula is C27H26Cl2N6O3. The summed E-state index contributed by atoms with van der Waals surface area (Å²) in [6, 6.07) is 8.08. The van der Waals surface area contributed by atoms with Gasteiger partial charge in [0.1, 0.15) is 17.2 Å². The van der Waals surface area contributed by atoms with Crippen LogP contribution in [-0.2, 0) is 13.5 Å². The van der Waals surface area contributed by atoms with Crippen molar-refractivity contribution in [3.05, 3.63) is 91.5 Å². The number of rotatable bonds is 6. The van der Waals surface area contributed by atoms with Gasteiger partial charge in [0.05, 0.1) is 30.1 Å². The number of methoxy groups -OCH3 is 1. The monoisotopic (exact) mass is 552 g/mol. The lowest BCUT2D eigenvalue weighted by Gasteiger charge is -2.27. The number of pyridine rings is 1. The minimum Gasteiger partial charge on any atom is -0.479 e. The van der Waals surface area contributed by atoms with Gasteiger partial charge in [0.25, 0.3) is 11.5 Å². The van der Waals surface area contributed by atoms with E-state index < -0.39 is 11.9 Å². The Morgan fingerprint density at radius 1 is 1.08 bits per heavy atom. The molecule has 1 unspecified atom stereocenters. The lowest BCUT2D eigenvalue weighted by molar-refractivity contribution is 0.0988. The highest BCUT2D eigenvalue weighted by Crippen LogP contribution is 2.45. The predicted octanol–water partition coefficient (Wildman–Crippen LogP) is 5.11. The molecule has 196 valence electrons. The van der Waals surface area contributed by atoms with E-state index in [-0.39, 0.29) is 22.9 Å². The number of hydrogen-bond acceptors (Lipinski definition) is 6. The van der Waals surface area contributed by atoms with Gasteiger partial charge in [-0.15, -0.1) is 0 Å². The van der Waals surface area contributed by atoms with E-state index >= 15 is 0 Å². The van der Waals surface area contributed by atoms with Crippen molar-refractivity contribution in [2.75, 3.05) is 12.0 Å². The maximum absolute atomic E-state index is 14.1. The van der Waals surface area contributed by atoms with Crippen LogP contribution in [0.5, 0.6) is 5.88 Å². The molecule has 1 amide bonds. The fourth-order valence-corrected chi connectivity index (χ4v) is 5.24. The first-order valence-corrected chi connectivity index (χ1v) is 12.9. The van der Waals surface area contributed by atoms with Gasteiger partial charge in [-0.2, -0.15) is 10.1 Å². The van der Waals surface area contributed by atoms with Crippen molar-refractivity contribution in [3.63, 3.8) is 0 Å². The molecule has 1 aliphatic heterocycles. The normalized spacial score (nSPS) is 14.9. The molecule has 0 aliphatic carbocycles. The molecule has 4 aromatic rings. The van der Waals surface area contributed by atoms with Gasteiger partial charge >= 0.3 is 0 Å². The van der Waals surface area contributed by atoms with Gasteiger partial charge in [-0.05, 0) is 29.7 Å². The Bertz CT molecular complexity index is 1610. The first kappa shape index (κ1) is 25.9. The van der Waals surface area contributed by atoms with Gasteiger partial charge in [0.15, 0.2) is 5.69 Å². The number of halogens is 2. The lowest BCUT2D eigenvalue weighted by atomic mass is 9.94. The summed E-state index contributed by atoms with van der Waals surface area (Å²) in [5.41, 5.74) is 2.81. The van der Waals surface area contributed by atoms with E-state index in [4.69, 9.17) is 33.0 Å². The minimum atomic E-state index is -0.645. The molecule has 0 saturated carbocycles. The van der Waals surface area contributed by atoms with Crippen LogP contribution >= 0.6 is 23.2 Å². The van der Waals surface area contributed by atoms with Crippen molar-refractivity contribution in [2.45, 2.75) is 39.2 Å². The zero-order chi connectivity index (χ0) is 27.3. The summed E-state index contributed by atoms with van der Waals surface area (Å²) in [6.07, 6.45) is 3.81. The van der Waals surface area contributed by atoms with E-state index in [0.717, 1.165) is 11.3 Å². The van der Waals surface area contributed by atoms with Gasteiger partial charge in [-0.3, -0.25) is 14.5 Å². The second kappa shape index (κ2) is 9.89. The third kappa shape index (κ3) is 4.16. The zero-order valence-corrected chi connectivity index (χ0v) is 23.1. The number of aromatic nitrogens is 5. The number of fused-ring (bicyclic) bond motifs is 1. The van der Waals surface area contributed by atoms with Gasteiger partial charge in [0, 0.05) is 30.3 Å². The maximum Gasteiger partial charge on any atom is 0.280 e. The second-order valence-corrected chi connectivity index (χ2v) is 10.2. The second-order valence-electron chi connectivity index (χ2n) is 9.34. The molecule has 0 N–H and O–H groups in total. The highest BCUT2D eigenvalue weighted by Gasteiger charge is 2.46. The number of ether oxygens (including phenoxy) is 1. The van der Waals surface area contributed by atoms with Crippen LogP contribution in [0.25, 0.3) is 5.69 Å². The average molecular weight is 553 g/mol. The molecule has 9 nitrogen and oxygen atoms in total. The smallest absolute Gasteiger partial charge is 0.280 e. The predicted molar refractivity (Wildman–Crippen MR) is 146 cm³/mol. The number of aryl methyl sites for hydroxylation is 2. The largest absolute Gasteiger partial charge is 0.479 e. The molecule has 0 spiro atoms. The third-order valence-electron chi connectivity index (χ3n) is 6.56. The highest BCUT2D eigenvalue weighted by atomic mass is 35.5. The Morgan fingerprint density at radius 2 is 1.79 bits per heavy atom. The number of carbonyl (C=O) groups excluding carboxylic acids is 1. The van der Waals surface area contributed by atoms with E-state index in [1.54, 1.807) is 30.1 Å². The summed E-state index contributed by atoms with van der Waals surface area (Å²) in [4.78, 5) is 37.7. The van der Waals surface area contributed by atoms with Crippen molar-refractivity contribution in [1.82, 2.24) is 24.3 Å². The fraction of sp³-hybridized carbons (Fsp3) is 0.296. The lowest BCUT2D eigenvalue weighted by Crippen LogP contribution is -2.35. The van der Waals surface area contributed by atoms with Gasteiger partial charge in [0.2, 0.25) is 5.88 Å². The molecule has 11 heteroatoms. The molecule has 38 heavy (non-hydrogen) atoms. The van der Waals surface area contributed by atoms with E-state index in [9.17, 15) is 9.59 Å². The van der Waals surface area contributed by atoms with Gasteiger partial charge < -0.3 is 9.30 Å². The summed E-state index contributed by atoms with van der Waals surface area (Å²) in [5.74, 6) is 0.516. The summed E-state index contributed by atoms with van der Waals surface area (Å²) in [6.45, 7) is 6.00. The number of amides is 1. The summed E-state index contributed by atoms with van der Waals surface area (Å²) < 4.78 is 8.63. The highest BCUT2D eigenvalue weighted by molar-refractivity contribution is 6.31. The van der Waals surface area contributed by atoms with Crippen molar-refractivity contribution in [2.24, 2.45) is 7.05 Å². The van der Waals surface area contributed by atoms with Crippen LogP contribution in [0, 0.1) is 0 Å². The van der Waals surface area contributed by atoms with Crippen LogP contribution in [0.15, 0.2) is 47.5 Å². The zero-order valence-electron chi connectivity index (χ0n) is 21.6. The van der Waals surface area contributed by atoms with Crippen molar-refractivity contribution in [1.29, 1.82) is 0 Å². The van der Waals surface area contributed by atoms with Crippen LogP contribution in [0.4, 0.5) is 5.69 Å². The Morgan fingerprint density at radius 3 is 2.42 bits per heavy atom. The molecule has 3 aromatic heterocycles. The molecule has 0 bridgehead atoms. The van der Waals surface area contributed by atoms with Crippen LogP contribution in [0.3, 0.4) is 0 Å².